The number of carbonyl (C=O) groups is 1. The molecule has 110 valence electrons. The molecule has 1 aromatic heterocycles. The summed E-state index contributed by atoms with van der Waals surface area (Å²) in [5.74, 6) is 0.905. The number of hydrogen-bond donors (Lipinski definition) is 0. The van der Waals surface area contributed by atoms with Crippen LogP contribution in [0.4, 0.5) is 0 Å². The number of rotatable bonds is 3. The van der Waals surface area contributed by atoms with Crippen molar-refractivity contribution in [3.8, 4) is 0 Å². The van der Waals surface area contributed by atoms with Crippen molar-refractivity contribution in [2.45, 2.75) is 26.3 Å². The first-order chi connectivity index (χ1) is 10.2. The second kappa shape index (κ2) is 6.12. The summed E-state index contributed by atoms with van der Waals surface area (Å²) in [6, 6.07) is 7.93. The van der Waals surface area contributed by atoms with Crippen molar-refractivity contribution in [3.63, 3.8) is 0 Å². The molecule has 0 N–H and O–H groups in total. The van der Waals surface area contributed by atoms with Crippen LogP contribution in [0.1, 0.15) is 35.7 Å². The quantitative estimate of drug-likeness (QED) is 0.868. The second-order valence-electron chi connectivity index (χ2n) is 5.91. The van der Waals surface area contributed by atoms with Gasteiger partial charge in [0.2, 0.25) is 0 Å². The number of imidazole rings is 1. The highest BCUT2D eigenvalue weighted by molar-refractivity contribution is 5.94. The molecule has 0 saturated carbocycles. The summed E-state index contributed by atoms with van der Waals surface area (Å²) in [6.07, 6.45) is 7.74. The zero-order valence-corrected chi connectivity index (χ0v) is 12.4. The Morgan fingerprint density at radius 3 is 2.57 bits per heavy atom. The highest BCUT2D eigenvalue weighted by Gasteiger charge is 2.21. The number of likely N-dealkylation sites (tertiary alicyclic amines) is 1. The SMILES string of the molecule is CC1CCN(C(=O)c2ccc(Cn3ccnc3)cc2)CC1. The van der Waals surface area contributed by atoms with Gasteiger partial charge in [-0.2, -0.15) is 0 Å². The zero-order chi connectivity index (χ0) is 14.7. The van der Waals surface area contributed by atoms with E-state index in [1.165, 1.54) is 5.56 Å². The molecule has 1 aliphatic rings. The molecule has 0 unspecified atom stereocenters. The molecular formula is C17H21N3O. The Morgan fingerprint density at radius 2 is 1.95 bits per heavy atom. The van der Waals surface area contributed by atoms with Gasteiger partial charge in [-0.15, -0.1) is 0 Å². The fourth-order valence-corrected chi connectivity index (χ4v) is 2.74. The van der Waals surface area contributed by atoms with Crippen molar-refractivity contribution in [1.82, 2.24) is 14.5 Å². The predicted molar refractivity (Wildman–Crippen MR) is 82.1 cm³/mol. The summed E-state index contributed by atoms with van der Waals surface area (Å²) in [5, 5.41) is 0. The Kier molecular flexibility index (Phi) is 4.04. The lowest BCUT2D eigenvalue weighted by molar-refractivity contribution is 0.0697. The maximum atomic E-state index is 12.4. The van der Waals surface area contributed by atoms with E-state index in [-0.39, 0.29) is 5.91 Å². The Bertz CT molecular complexity index is 581. The van der Waals surface area contributed by atoms with Crippen LogP contribution in [-0.2, 0) is 6.54 Å². The van der Waals surface area contributed by atoms with Crippen molar-refractivity contribution in [2.75, 3.05) is 13.1 Å². The molecule has 2 aromatic rings. The summed E-state index contributed by atoms with van der Waals surface area (Å²) >= 11 is 0. The van der Waals surface area contributed by atoms with Crippen LogP contribution in [0.2, 0.25) is 0 Å². The van der Waals surface area contributed by atoms with Crippen LogP contribution in [0.25, 0.3) is 0 Å². The molecule has 0 aliphatic carbocycles. The lowest BCUT2D eigenvalue weighted by Gasteiger charge is -2.30. The number of hydrogen-bond acceptors (Lipinski definition) is 2. The lowest BCUT2D eigenvalue weighted by atomic mass is 9.98. The van der Waals surface area contributed by atoms with Crippen molar-refractivity contribution in [1.29, 1.82) is 0 Å². The van der Waals surface area contributed by atoms with Gasteiger partial charge in [-0.25, -0.2) is 4.98 Å². The lowest BCUT2D eigenvalue weighted by Crippen LogP contribution is -2.37. The van der Waals surface area contributed by atoms with Crippen molar-refractivity contribution in [3.05, 3.63) is 54.1 Å². The van der Waals surface area contributed by atoms with Gasteiger partial charge in [0.25, 0.3) is 5.91 Å². The number of piperidine rings is 1. The third kappa shape index (κ3) is 3.32. The van der Waals surface area contributed by atoms with Crippen molar-refractivity contribution < 1.29 is 4.79 Å². The van der Waals surface area contributed by atoms with Gasteiger partial charge in [0.05, 0.1) is 6.33 Å². The Morgan fingerprint density at radius 1 is 1.24 bits per heavy atom. The molecule has 4 heteroatoms. The summed E-state index contributed by atoms with van der Waals surface area (Å²) in [6.45, 7) is 4.82. The molecule has 4 nitrogen and oxygen atoms in total. The Balaban J connectivity index is 1.64. The van der Waals surface area contributed by atoms with E-state index in [4.69, 9.17) is 0 Å². The van der Waals surface area contributed by atoms with E-state index in [9.17, 15) is 4.79 Å². The van der Waals surface area contributed by atoms with Gasteiger partial charge in [0.15, 0.2) is 0 Å². The summed E-state index contributed by atoms with van der Waals surface area (Å²) in [4.78, 5) is 18.5. The van der Waals surface area contributed by atoms with E-state index in [1.54, 1.807) is 12.5 Å². The monoisotopic (exact) mass is 283 g/mol. The van der Waals surface area contributed by atoms with Gasteiger partial charge < -0.3 is 9.47 Å². The number of benzene rings is 1. The van der Waals surface area contributed by atoms with Crippen LogP contribution in [0, 0.1) is 5.92 Å². The average molecular weight is 283 g/mol. The molecule has 0 spiro atoms. The zero-order valence-electron chi connectivity index (χ0n) is 12.4. The maximum Gasteiger partial charge on any atom is 0.253 e. The minimum atomic E-state index is 0.163. The summed E-state index contributed by atoms with van der Waals surface area (Å²) in [7, 11) is 0. The standard InChI is InChI=1S/C17H21N3O/c1-14-6-9-20(10-7-14)17(21)16-4-2-15(3-5-16)12-19-11-8-18-13-19/h2-5,8,11,13-14H,6-7,9-10,12H2,1H3. The Labute approximate surface area is 125 Å². The van der Waals surface area contributed by atoms with E-state index < -0.39 is 0 Å². The van der Waals surface area contributed by atoms with E-state index >= 15 is 0 Å². The van der Waals surface area contributed by atoms with Crippen molar-refractivity contribution >= 4 is 5.91 Å². The topological polar surface area (TPSA) is 38.1 Å². The maximum absolute atomic E-state index is 12.4. The van der Waals surface area contributed by atoms with Crippen LogP contribution < -0.4 is 0 Å². The first kappa shape index (κ1) is 13.9. The predicted octanol–water partition coefficient (Wildman–Crippen LogP) is 2.80. The van der Waals surface area contributed by atoms with Crippen LogP contribution >= 0.6 is 0 Å². The fraction of sp³-hybridized carbons (Fsp3) is 0.412. The largest absolute Gasteiger partial charge is 0.339 e. The van der Waals surface area contributed by atoms with Gasteiger partial charge in [-0.3, -0.25) is 4.79 Å². The molecule has 21 heavy (non-hydrogen) atoms. The molecule has 1 fully saturated rings. The van der Waals surface area contributed by atoms with Gasteiger partial charge in [-0.05, 0) is 36.5 Å². The summed E-state index contributed by atoms with van der Waals surface area (Å²) < 4.78 is 2.02. The average Bonchev–Trinajstić information content (AvgIpc) is 3.01. The molecular weight excluding hydrogens is 262 g/mol. The van der Waals surface area contributed by atoms with E-state index in [0.29, 0.717) is 0 Å². The van der Waals surface area contributed by atoms with Gasteiger partial charge in [0.1, 0.15) is 0 Å². The Hall–Kier alpha value is -2.10. The molecule has 0 atom stereocenters. The molecule has 2 heterocycles. The third-order valence-electron chi connectivity index (χ3n) is 4.20. The molecule has 1 aromatic carbocycles. The molecule has 0 bridgehead atoms. The molecule has 1 aliphatic heterocycles. The van der Waals surface area contributed by atoms with E-state index in [2.05, 4.69) is 11.9 Å². The first-order valence-corrected chi connectivity index (χ1v) is 7.56. The number of amides is 1. The van der Waals surface area contributed by atoms with Crippen molar-refractivity contribution in [2.24, 2.45) is 5.92 Å². The van der Waals surface area contributed by atoms with Crippen LogP contribution in [0.3, 0.4) is 0 Å². The number of aromatic nitrogens is 2. The van der Waals surface area contributed by atoms with Gasteiger partial charge in [-0.1, -0.05) is 19.1 Å². The van der Waals surface area contributed by atoms with Gasteiger partial charge in [0, 0.05) is 37.6 Å². The van der Waals surface area contributed by atoms with Crippen LogP contribution in [0.5, 0.6) is 0 Å². The third-order valence-corrected chi connectivity index (χ3v) is 4.20. The smallest absolute Gasteiger partial charge is 0.253 e. The highest BCUT2D eigenvalue weighted by atomic mass is 16.2. The summed E-state index contributed by atoms with van der Waals surface area (Å²) in [5.41, 5.74) is 1.97. The number of nitrogens with zero attached hydrogens (tertiary/aromatic N) is 3. The first-order valence-electron chi connectivity index (χ1n) is 7.56. The molecule has 1 amide bonds. The normalized spacial score (nSPS) is 16.1. The number of carbonyl (C=O) groups excluding carboxylic acids is 1. The minimum Gasteiger partial charge on any atom is -0.339 e. The van der Waals surface area contributed by atoms with E-state index in [1.807, 2.05) is 39.9 Å². The fourth-order valence-electron chi connectivity index (χ4n) is 2.74. The van der Waals surface area contributed by atoms with E-state index in [0.717, 1.165) is 44.0 Å². The molecule has 0 radical (unpaired) electrons. The van der Waals surface area contributed by atoms with Crippen LogP contribution in [0.15, 0.2) is 43.0 Å². The van der Waals surface area contributed by atoms with Crippen LogP contribution in [-0.4, -0.2) is 33.4 Å². The second-order valence-corrected chi connectivity index (χ2v) is 5.91. The molecule has 3 rings (SSSR count). The molecule has 1 saturated heterocycles. The van der Waals surface area contributed by atoms with Gasteiger partial charge >= 0.3 is 0 Å². The highest BCUT2D eigenvalue weighted by Crippen LogP contribution is 2.18. The minimum absolute atomic E-state index is 0.163.